The van der Waals surface area contributed by atoms with Crippen molar-refractivity contribution < 1.29 is 9.13 Å². The summed E-state index contributed by atoms with van der Waals surface area (Å²) in [4.78, 5) is 0. The molecule has 0 spiro atoms. The van der Waals surface area contributed by atoms with Crippen LogP contribution >= 0.6 is 0 Å². The van der Waals surface area contributed by atoms with Gasteiger partial charge in [-0.15, -0.1) is 0 Å². The molecule has 0 unspecified atom stereocenters. The molecule has 1 aromatic carbocycles. The third kappa shape index (κ3) is 4.32. The van der Waals surface area contributed by atoms with E-state index in [4.69, 9.17) is 9.84 Å². The van der Waals surface area contributed by atoms with E-state index >= 15 is 0 Å². The number of rotatable bonds is 7. The molecule has 0 atom stereocenters. The predicted octanol–water partition coefficient (Wildman–Crippen LogP) is 3.51. The van der Waals surface area contributed by atoms with E-state index in [1.54, 1.807) is 12.1 Å². The number of aromatic nitrogens is 2. The summed E-state index contributed by atoms with van der Waals surface area (Å²) in [6, 6.07) is 8.23. The van der Waals surface area contributed by atoms with Crippen LogP contribution in [-0.2, 0) is 19.7 Å². The summed E-state index contributed by atoms with van der Waals surface area (Å²) in [5, 5.41) is 7.84. The third-order valence-corrected chi connectivity index (χ3v) is 4.38. The van der Waals surface area contributed by atoms with Crippen molar-refractivity contribution >= 4 is 0 Å². The predicted molar refractivity (Wildman–Crippen MR) is 87.7 cm³/mol. The molecule has 1 N–H and O–H groups in total. The zero-order chi connectivity index (χ0) is 16.1. The topological polar surface area (TPSA) is 39.1 Å². The molecule has 1 aliphatic rings. The molecule has 1 saturated carbocycles. The van der Waals surface area contributed by atoms with E-state index in [1.807, 2.05) is 7.05 Å². The van der Waals surface area contributed by atoms with Gasteiger partial charge in [0.05, 0.1) is 11.4 Å². The van der Waals surface area contributed by atoms with Gasteiger partial charge >= 0.3 is 0 Å². The zero-order valence-electron chi connectivity index (χ0n) is 13.6. The lowest BCUT2D eigenvalue weighted by molar-refractivity contribution is 0.285. The highest BCUT2D eigenvalue weighted by atomic mass is 19.1. The molecule has 5 heteroatoms. The summed E-state index contributed by atoms with van der Waals surface area (Å²) in [5.74, 6) is 1.15. The zero-order valence-corrected chi connectivity index (χ0v) is 13.6. The van der Waals surface area contributed by atoms with Crippen LogP contribution in [0.5, 0.6) is 5.75 Å². The fourth-order valence-corrected chi connectivity index (χ4v) is 3.18. The van der Waals surface area contributed by atoms with Crippen LogP contribution in [-0.4, -0.2) is 16.8 Å². The van der Waals surface area contributed by atoms with Gasteiger partial charge in [-0.3, -0.25) is 4.68 Å². The highest BCUT2D eigenvalue weighted by Gasteiger charge is 2.18. The minimum Gasteiger partial charge on any atom is -0.487 e. The second kappa shape index (κ2) is 7.59. The fourth-order valence-electron chi connectivity index (χ4n) is 3.18. The molecule has 0 bridgehead atoms. The van der Waals surface area contributed by atoms with Crippen LogP contribution in [0.25, 0.3) is 0 Å². The van der Waals surface area contributed by atoms with E-state index in [-0.39, 0.29) is 5.82 Å². The molecule has 4 nitrogen and oxygen atoms in total. The molecular formula is C18H24FN3O. The smallest absolute Gasteiger partial charge is 0.130 e. The first-order valence-electron chi connectivity index (χ1n) is 8.33. The Morgan fingerprint density at radius 3 is 2.70 bits per heavy atom. The van der Waals surface area contributed by atoms with Gasteiger partial charge in [0, 0.05) is 13.1 Å². The summed E-state index contributed by atoms with van der Waals surface area (Å²) in [7, 11) is 1.92. The van der Waals surface area contributed by atoms with Crippen LogP contribution in [0.2, 0.25) is 0 Å². The molecule has 0 aliphatic heterocycles. The van der Waals surface area contributed by atoms with Crippen LogP contribution in [0.3, 0.4) is 0 Å². The Morgan fingerprint density at radius 2 is 2.00 bits per heavy atom. The molecule has 1 heterocycles. The molecule has 0 radical (unpaired) electrons. The van der Waals surface area contributed by atoms with Crippen molar-refractivity contribution in [3.8, 4) is 5.75 Å². The minimum absolute atomic E-state index is 0.250. The van der Waals surface area contributed by atoms with E-state index in [0.29, 0.717) is 12.4 Å². The van der Waals surface area contributed by atoms with Crippen molar-refractivity contribution in [2.75, 3.05) is 7.05 Å². The normalized spacial score (nSPS) is 15.2. The lowest BCUT2D eigenvalue weighted by Gasteiger charge is -2.13. The highest BCUT2D eigenvalue weighted by Crippen LogP contribution is 2.26. The van der Waals surface area contributed by atoms with Crippen molar-refractivity contribution in [2.24, 2.45) is 5.92 Å². The Labute approximate surface area is 136 Å². The van der Waals surface area contributed by atoms with Crippen molar-refractivity contribution in [1.29, 1.82) is 0 Å². The van der Waals surface area contributed by atoms with Crippen molar-refractivity contribution in [1.82, 2.24) is 15.1 Å². The number of hydrogen-bond acceptors (Lipinski definition) is 3. The van der Waals surface area contributed by atoms with Gasteiger partial charge in [-0.05, 0) is 56.1 Å². The lowest BCUT2D eigenvalue weighted by atomic mass is 10.1. The molecule has 124 valence electrons. The maximum atomic E-state index is 13.0. The Balaban J connectivity index is 1.69. The van der Waals surface area contributed by atoms with E-state index in [2.05, 4.69) is 16.1 Å². The van der Waals surface area contributed by atoms with E-state index < -0.39 is 0 Å². The van der Waals surface area contributed by atoms with Gasteiger partial charge in [0.2, 0.25) is 0 Å². The molecule has 0 amide bonds. The molecule has 1 aromatic heterocycles. The fraction of sp³-hybridized carbons (Fsp3) is 0.500. The van der Waals surface area contributed by atoms with Crippen LogP contribution < -0.4 is 10.1 Å². The molecule has 1 aliphatic carbocycles. The number of nitrogens with one attached hydrogen (secondary N) is 1. The Morgan fingerprint density at radius 1 is 1.26 bits per heavy atom. The summed E-state index contributed by atoms with van der Waals surface area (Å²) in [6.45, 7) is 2.17. The van der Waals surface area contributed by atoms with E-state index in [1.165, 1.54) is 37.8 Å². The van der Waals surface area contributed by atoms with Crippen molar-refractivity contribution in [2.45, 2.75) is 45.4 Å². The first kappa shape index (κ1) is 16.0. The van der Waals surface area contributed by atoms with Crippen LogP contribution in [0.1, 0.15) is 37.1 Å². The number of benzene rings is 1. The Hall–Kier alpha value is -1.88. The van der Waals surface area contributed by atoms with Gasteiger partial charge in [0.1, 0.15) is 18.2 Å². The van der Waals surface area contributed by atoms with Gasteiger partial charge in [-0.1, -0.05) is 12.8 Å². The second-order valence-electron chi connectivity index (χ2n) is 6.23. The Bertz CT molecular complexity index is 618. The molecule has 3 rings (SSSR count). The summed E-state index contributed by atoms with van der Waals surface area (Å²) in [5.41, 5.74) is 2.11. The van der Waals surface area contributed by atoms with Gasteiger partial charge < -0.3 is 10.1 Å². The standard InChI is InChI=1S/C18H24FN3O/c1-20-11-16-10-17(13-23-18-8-6-15(19)7-9-18)22(21-16)12-14-4-2-3-5-14/h6-10,14,20H,2-5,11-13H2,1H3. The number of ether oxygens (including phenoxy) is 1. The van der Waals surface area contributed by atoms with E-state index in [9.17, 15) is 4.39 Å². The monoisotopic (exact) mass is 317 g/mol. The minimum atomic E-state index is -0.250. The number of halogens is 1. The van der Waals surface area contributed by atoms with Crippen LogP contribution in [0.15, 0.2) is 30.3 Å². The number of nitrogens with zero attached hydrogens (tertiary/aromatic N) is 2. The first-order valence-corrected chi connectivity index (χ1v) is 8.33. The lowest BCUT2D eigenvalue weighted by Crippen LogP contribution is -2.14. The molecule has 2 aromatic rings. The average Bonchev–Trinajstić information content (AvgIpc) is 3.18. The molecule has 23 heavy (non-hydrogen) atoms. The summed E-state index contributed by atoms with van der Waals surface area (Å²) < 4.78 is 20.8. The van der Waals surface area contributed by atoms with Gasteiger partial charge in [0.15, 0.2) is 0 Å². The van der Waals surface area contributed by atoms with Gasteiger partial charge in [0.25, 0.3) is 0 Å². The summed E-state index contributed by atoms with van der Waals surface area (Å²) in [6.07, 6.45) is 5.24. The summed E-state index contributed by atoms with van der Waals surface area (Å²) >= 11 is 0. The Kier molecular flexibility index (Phi) is 5.28. The van der Waals surface area contributed by atoms with Crippen LogP contribution in [0, 0.1) is 11.7 Å². The molecule has 1 fully saturated rings. The SMILES string of the molecule is CNCc1cc(COc2ccc(F)cc2)n(CC2CCCC2)n1. The van der Waals surface area contributed by atoms with E-state index in [0.717, 1.165) is 30.4 Å². The molecule has 0 saturated heterocycles. The van der Waals surface area contributed by atoms with Crippen LogP contribution in [0.4, 0.5) is 4.39 Å². The van der Waals surface area contributed by atoms with Gasteiger partial charge in [-0.2, -0.15) is 5.10 Å². The first-order chi connectivity index (χ1) is 11.2. The van der Waals surface area contributed by atoms with Crippen molar-refractivity contribution in [3.63, 3.8) is 0 Å². The number of hydrogen-bond donors (Lipinski definition) is 1. The molecular weight excluding hydrogens is 293 g/mol. The third-order valence-electron chi connectivity index (χ3n) is 4.38. The highest BCUT2D eigenvalue weighted by molar-refractivity contribution is 5.22. The maximum absolute atomic E-state index is 13.0. The van der Waals surface area contributed by atoms with Gasteiger partial charge in [-0.25, -0.2) is 4.39 Å². The second-order valence-corrected chi connectivity index (χ2v) is 6.23. The quantitative estimate of drug-likeness (QED) is 0.849. The average molecular weight is 317 g/mol. The van der Waals surface area contributed by atoms with Crippen molar-refractivity contribution in [3.05, 3.63) is 47.5 Å². The maximum Gasteiger partial charge on any atom is 0.130 e. The largest absolute Gasteiger partial charge is 0.487 e.